The predicted octanol–water partition coefficient (Wildman–Crippen LogP) is -2.05. The van der Waals surface area contributed by atoms with Crippen molar-refractivity contribution in [3.8, 4) is 0 Å². The van der Waals surface area contributed by atoms with Crippen molar-refractivity contribution in [2.24, 2.45) is 11.3 Å². The molecule has 0 radical (unpaired) electrons. The van der Waals surface area contributed by atoms with Crippen molar-refractivity contribution >= 4 is 10.1 Å². The minimum atomic E-state index is -4.11. The van der Waals surface area contributed by atoms with E-state index in [0.717, 1.165) is 0 Å². The van der Waals surface area contributed by atoms with Crippen LogP contribution in [0.1, 0.15) is 13.3 Å². The molecule has 0 spiro atoms. The Morgan fingerprint density at radius 1 is 1.27 bits per heavy atom. The van der Waals surface area contributed by atoms with Crippen LogP contribution >= 0.6 is 0 Å². The van der Waals surface area contributed by atoms with E-state index in [-0.39, 0.29) is 6.42 Å². The van der Waals surface area contributed by atoms with Crippen LogP contribution in [0.3, 0.4) is 0 Å². The Morgan fingerprint density at radius 3 is 1.87 bits per heavy atom. The molecule has 0 fully saturated rings. The van der Waals surface area contributed by atoms with E-state index in [1.807, 2.05) is 0 Å². The zero-order valence-corrected chi connectivity index (χ0v) is 9.27. The van der Waals surface area contributed by atoms with E-state index in [1.54, 1.807) is 0 Å². The average molecular weight is 243 g/mol. The minimum Gasteiger partial charge on any atom is -0.396 e. The molecule has 1 atom stereocenters. The second-order valence-electron chi connectivity index (χ2n) is 3.32. The van der Waals surface area contributed by atoms with Crippen LogP contribution < -0.4 is 5.90 Å². The van der Waals surface area contributed by atoms with Crippen LogP contribution in [0.4, 0.5) is 0 Å². The van der Waals surface area contributed by atoms with E-state index in [0.29, 0.717) is 0 Å². The Labute approximate surface area is 88.6 Å². The Balaban J connectivity index is 5.25. The number of rotatable bonds is 7. The largest absolute Gasteiger partial charge is 0.396 e. The maximum absolute atomic E-state index is 11.4. The van der Waals surface area contributed by atoms with E-state index in [2.05, 4.69) is 10.2 Å². The van der Waals surface area contributed by atoms with Gasteiger partial charge >= 0.3 is 0 Å². The van der Waals surface area contributed by atoms with Crippen LogP contribution in [0.2, 0.25) is 0 Å². The Kier molecular flexibility index (Phi) is 5.63. The number of aliphatic hydroxyl groups excluding tert-OH is 3. The minimum absolute atomic E-state index is 0.0568. The van der Waals surface area contributed by atoms with Crippen molar-refractivity contribution in [1.82, 2.24) is 0 Å². The Morgan fingerprint density at radius 2 is 1.67 bits per heavy atom. The fourth-order valence-corrected chi connectivity index (χ4v) is 2.84. The number of hydrogen-bond donors (Lipinski definition) is 4. The molecule has 1 unspecified atom stereocenters. The van der Waals surface area contributed by atoms with Gasteiger partial charge in [0.1, 0.15) is 5.25 Å². The van der Waals surface area contributed by atoms with Gasteiger partial charge in [0.05, 0.1) is 25.2 Å². The van der Waals surface area contributed by atoms with Crippen molar-refractivity contribution in [3.05, 3.63) is 0 Å². The second-order valence-corrected chi connectivity index (χ2v) is 5.07. The van der Waals surface area contributed by atoms with Crippen LogP contribution in [0.5, 0.6) is 0 Å². The fourth-order valence-electron chi connectivity index (χ4n) is 1.47. The molecule has 0 aliphatic heterocycles. The maximum atomic E-state index is 11.4. The molecular formula is C7H17NO6S. The molecule has 0 aliphatic rings. The molecule has 5 N–H and O–H groups in total. The van der Waals surface area contributed by atoms with Crippen molar-refractivity contribution < 1.29 is 28.0 Å². The lowest BCUT2D eigenvalue weighted by Gasteiger charge is -2.33. The van der Waals surface area contributed by atoms with E-state index in [9.17, 15) is 8.42 Å². The molecule has 0 aromatic rings. The van der Waals surface area contributed by atoms with Gasteiger partial charge in [-0.2, -0.15) is 18.6 Å². The first kappa shape index (κ1) is 14.8. The molecule has 0 aliphatic carbocycles. The maximum Gasteiger partial charge on any atom is 0.286 e. The number of nitrogens with two attached hydrogens (primary N) is 1. The van der Waals surface area contributed by atoms with Crippen LogP contribution in [0.25, 0.3) is 0 Å². The van der Waals surface area contributed by atoms with Gasteiger partial charge in [0.15, 0.2) is 0 Å². The molecule has 0 bridgehead atoms. The molecule has 0 aromatic carbocycles. The first-order chi connectivity index (χ1) is 6.94. The second kappa shape index (κ2) is 5.73. The summed E-state index contributed by atoms with van der Waals surface area (Å²) >= 11 is 0. The van der Waals surface area contributed by atoms with Gasteiger partial charge in [0.25, 0.3) is 10.1 Å². The zero-order chi connectivity index (χ0) is 12.1. The van der Waals surface area contributed by atoms with E-state index in [1.165, 1.54) is 6.92 Å². The highest BCUT2D eigenvalue weighted by molar-refractivity contribution is 7.87. The lowest BCUT2D eigenvalue weighted by Crippen LogP contribution is -2.49. The van der Waals surface area contributed by atoms with E-state index >= 15 is 0 Å². The monoisotopic (exact) mass is 243 g/mol. The van der Waals surface area contributed by atoms with Gasteiger partial charge in [-0.1, -0.05) is 6.92 Å². The summed E-state index contributed by atoms with van der Waals surface area (Å²) in [4.78, 5) is 0. The lowest BCUT2D eigenvalue weighted by molar-refractivity contribution is -0.000665. The van der Waals surface area contributed by atoms with Crippen LogP contribution in [-0.4, -0.2) is 48.8 Å². The summed E-state index contributed by atoms with van der Waals surface area (Å²) in [5.74, 6) is 4.61. The van der Waals surface area contributed by atoms with Crippen LogP contribution in [-0.2, 0) is 14.4 Å². The normalized spacial score (nSPS) is 15.3. The van der Waals surface area contributed by atoms with E-state index in [4.69, 9.17) is 15.3 Å². The smallest absolute Gasteiger partial charge is 0.286 e. The molecule has 7 nitrogen and oxygen atoms in total. The molecule has 0 amide bonds. The summed E-state index contributed by atoms with van der Waals surface area (Å²) < 4.78 is 26.6. The van der Waals surface area contributed by atoms with Crippen LogP contribution in [0.15, 0.2) is 0 Å². The van der Waals surface area contributed by atoms with Crippen molar-refractivity contribution in [1.29, 1.82) is 0 Å². The van der Waals surface area contributed by atoms with Gasteiger partial charge in [0, 0.05) is 0 Å². The highest BCUT2D eigenvalue weighted by Crippen LogP contribution is 2.29. The first-order valence-electron chi connectivity index (χ1n) is 4.38. The molecule has 8 heteroatoms. The molecule has 0 rings (SSSR count). The highest BCUT2D eigenvalue weighted by Gasteiger charge is 2.45. The summed E-state index contributed by atoms with van der Waals surface area (Å²) in [5, 5.41) is 25.9. The summed E-state index contributed by atoms with van der Waals surface area (Å²) in [7, 11) is -4.11. The molecule has 0 saturated heterocycles. The summed E-state index contributed by atoms with van der Waals surface area (Å²) in [6.07, 6.45) is 0.0568. The number of aliphatic hydroxyl groups is 3. The Bertz CT molecular complexity index is 265. The van der Waals surface area contributed by atoms with Gasteiger partial charge in [-0.05, 0) is 6.42 Å². The van der Waals surface area contributed by atoms with Gasteiger partial charge in [-0.3, -0.25) is 0 Å². The third-order valence-electron chi connectivity index (χ3n) is 2.48. The molecule has 0 saturated carbocycles. The molecule has 15 heavy (non-hydrogen) atoms. The quantitative estimate of drug-likeness (QED) is 0.378. The average Bonchev–Trinajstić information content (AvgIpc) is 2.25. The molecule has 0 heterocycles. The van der Waals surface area contributed by atoms with Crippen molar-refractivity contribution in [3.63, 3.8) is 0 Å². The topological polar surface area (TPSA) is 130 Å². The highest BCUT2D eigenvalue weighted by atomic mass is 32.2. The molecule has 92 valence electrons. The predicted molar refractivity (Wildman–Crippen MR) is 52.0 cm³/mol. The zero-order valence-electron chi connectivity index (χ0n) is 8.46. The van der Waals surface area contributed by atoms with Gasteiger partial charge in [0.2, 0.25) is 0 Å². The summed E-state index contributed by atoms with van der Waals surface area (Å²) in [5.41, 5.74) is -1.55. The molecular weight excluding hydrogens is 226 g/mol. The summed E-state index contributed by atoms with van der Waals surface area (Å²) in [6.45, 7) is -0.514. The first-order valence-corrected chi connectivity index (χ1v) is 5.86. The van der Waals surface area contributed by atoms with Gasteiger partial charge < -0.3 is 15.3 Å². The third-order valence-corrected chi connectivity index (χ3v) is 4.28. The third kappa shape index (κ3) is 2.86. The molecule has 0 aromatic heterocycles. The van der Waals surface area contributed by atoms with E-state index < -0.39 is 40.6 Å². The van der Waals surface area contributed by atoms with Crippen molar-refractivity contribution in [2.75, 3.05) is 19.8 Å². The standard InChI is InChI=1S/C7H17NO6S/c1-2-6(15(12,13)14-8)7(3-9,4-10)5-11/h6,9-11H,2-5,8H2,1H3. The number of hydrogen-bond acceptors (Lipinski definition) is 7. The Hall–Kier alpha value is -0.250. The SMILES string of the molecule is CCC(C(CO)(CO)CO)S(=O)(=O)ON. The van der Waals surface area contributed by atoms with Gasteiger partial charge in [-0.25, -0.2) is 0 Å². The lowest BCUT2D eigenvalue weighted by atomic mass is 9.85. The summed E-state index contributed by atoms with van der Waals surface area (Å²) in [6, 6.07) is 0. The fraction of sp³-hybridized carbons (Fsp3) is 1.00. The van der Waals surface area contributed by atoms with Crippen molar-refractivity contribution in [2.45, 2.75) is 18.6 Å². The van der Waals surface area contributed by atoms with Gasteiger partial charge in [-0.15, -0.1) is 0 Å². The van der Waals surface area contributed by atoms with Crippen LogP contribution in [0, 0.1) is 5.41 Å².